The van der Waals surface area contributed by atoms with Crippen LogP contribution in [0.1, 0.15) is 38.3 Å². The quantitative estimate of drug-likeness (QED) is 0.772. The number of carbonyl (C=O) groups is 1. The number of para-hydroxylation sites is 1. The summed E-state index contributed by atoms with van der Waals surface area (Å²) in [5, 5.41) is 3.47. The molecule has 0 spiro atoms. The van der Waals surface area contributed by atoms with E-state index >= 15 is 0 Å². The molecule has 0 aliphatic carbocycles. The van der Waals surface area contributed by atoms with Crippen LogP contribution in [0.5, 0.6) is 5.75 Å². The minimum absolute atomic E-state index is 0.0577. The van der Waals surface area contributed by atoms with Gasteiger partial charge in [-0.25, -0.2) is 0 Å². The maximum atomic E-state index is 12.2. The highest BCUT2D eigenvalue weighted by Crippen LogP contribution is 2.25. The lowest BCUT2D eigenvalue weighted by Crippen LogP contribution is -2.34. The molecule has 144 valence electrons. The van der Waals surface area contributed by atoms with Gasteiger partial charge in [0.15, 0.2) is 6.61 Å². The lowest BCUT2D eigenvalue weighted by Gasteiger charge is -2.33. The second-order valence-electron chi connectivity index (χ2n) is 7.29. The van der Waals surface area contributed by atoms with Crippen molar-refractivity contribution in [2.45, 2.75) is 32.7 Å². The molecule has 2 aromatic rings. The van der Waals surface area contributed by atoms with Crippen LogP contribution >= 0.6 is 11.6 Å². The fourth-order valence-corrected chi connectivity index (χ4v) is 3.66. The van der Waals surface area contributed by atoms with Crippen molar-refractivity contribution in [2.75, 3.05) is 24.6 Å². The van der Waals surface area contributed by atoms with E-state index in [1.807, 2.05) is 19.1 Å². The number of ether oxygens (including phenoxy) is 1. The molecule has 1 amide bonds. The van der Waals surface area contributed by atoms with Gasteiger partial charge in [0.25, 0.3) is 5.91 Å². The van der Waals surface area contributed by atoms with E-state index < -0.39 is 0 Å². The minimum Gasteiger partial charge on any atom is -0.482 e. The number of nitrogens with one attached hydrogen (secondary N) is 1. The van der Waals surface area contributed by atoms with Gasteiger partial charge in [-0.1, -0.05) is 42.8 Å². The summed E-state index contributed by atoms with van der Waals surface area (Å²) in [5.74, 6) is 1.09. The van der Waals surface area contributed by atoms with Crippen LogP contribution in [0.3, 0.4) is 0 Å². The van der Waals surface area contributed by atoms with Gasteiger partial charge < -0.3 is 15.0 Å². The Labute approximate surface area is 166 Å². The molecule has 1 saturated heterocycles. The number of hydrogen-bond acceptors (Lipinski definition) is 3. The van der Waals surface area contributed by atoms with Crippen LogP contribution in [0.4, 0.5) is 5.69 Å². The first-order chi connectivity index (χ1) is 13.0. The van der Waals surface area contributed by atoms with Gasteiger partial charge in [0.1, 0.15) is 5.75 Å². The molecule has 1 N–H and O–H groups in total. The fraction of sp³-hybridized carbons (Fsp3) is 0.409. The molecule has 0 bridgehead atoms. The van der Waals surface area contributed by atoms with Crippen molar-refractivity contribution < 1.29 is 9.53 Å². The first kappa shape index (κ1) is 19.6. The lowest BCUT2D eigenvalue weighted by atomic mass is 9.99. The maximum Gasteiger partial charge on any atom is 0.258 e. The van der Waals surface area contributed by atoms with E-state index in [-0.39, 0.29) is 18.6 Å². The third kappa shape index (κ3) is 5.39. The van der Waals surface area contributed by atoms with Gasteiger partial charge in [-0.05, 0) is 55.5 Å². The number of nitrogens with zero attached hydrogens (tertiary/aromatic N) is 1. The van der Waals surface area contributed by atoms with Crippen molar-refractivity contribution in [1.82, 2.24) is 5.32 Å². The van der Waals surface area contributed by atoms with E-state index in [1.54, 1.807) is 12.1 Å². The molecule has 2 aromatic carbocycles. The zero-order chi connectivity index (χ0) is 19.2. The second kappa shape index (κ2) is 9.14. The van der Waals surface area contributed by atoms with Gasteiger partial charge in [-0.2, -0.15) is 0 Å². The average Bonchev–Trinajstić information content (AvgIpc) is 2.67. The Morgan fingerprint density at radius 2 is 2.00 bits per heavy atom. The molecule has 0 aromatic heterocycles. The van der Waals surface area contributed by atoms with Gasteiger partial charge in [0, 0.05) is 18.8 Å². The highest BCUT2D eigenvalue weighted by Gasteiger charge is 2.17. The summed E-state index contributed by atoms with van der Waals surface area (Å²) < 4.78 is 5.49. The van der Waals surface area contributed by atoms with Crippen molar-refractivity contribution in [1.29, 1.82) is 0 Å². The predicted octanol–water partition coefficient (Wildman–Crippen LogP) is 4.83. The molecular weight excluding hydrogens is 360 g/mol. The third-order valence-electron chi connectivity index (χ3n) is 4.99. The Morgan fingerprint density at radius 1 is 1.26 bits per heavy atom. The smallest absolute Gasteiger partial charge is 0.258 e. The predicted molar refractivity (Wildman–Crippen MR) is 111 cm³/mol. The topological polar surface area (TPSA) is 41.6 Å². The molecule has 0 unspecified atom stereocenters. The number of benzene rings is 2. The van der Waals surface area contributed by atoms with Crippen LogP contribution in [0, 0.1) is 5.92 Å². The van der Waals surface area contributed by atoms with Gasteiger partial charge >= 0.3 is 0 Å². The summed E-state index contributed by atoms with van der Waals surface area (Å²) in [5.41, 5.74) is 2.33. The fourth-order valence-electron chi connectivity index (χ4n) is 3.47. The van der Waals surface area contributed by atoms with Crippen LogP contribution in [-0.4, -0.2) is 25.6 Å². The Hall–Kier alpha value is -2.20. The number of hydrogen-bond donors (Lipinski definition) is 1. The van der Waals surface area contributed by atoms with Crippen LogP contribution in [0.15, 0.2) is 48.5 Å². The van der Waals surface area contributed by atoms with E-state index in [1.165, 1.54) is 18.5 Å². The molecule has 27 heavy (non-hydrogen) atoms. The molecule has 5 heteroatoms. The van der Waals surface area contributed by atoms with Crippen molar-refractivity contribution in [3.63, 3.8) is 0 Å². The highest BCUT2D eigenvalue weighted by molar-refractivity contribution is 6.32. The van der Waals surface area contributed by atoms with Crippen LogP contribution in [-0.2, 0) is 4.79 Å². The van der Waals surface area contributed by atoms with E-state index in [2.05, 4.69) is 41.4 Å². The molecule has 1 aliphatic rings. The van der Waals surface area contributed by atoms with E-state index in [0.717, 1.165) is 24.6 Å². The molecule has 2 atom stereocenters. The summed E-state index contributed by atoms with van der Waals surface area (Å²) in [6.45, 7) is 6.46. The summed E-state index contributed by atoms with van der Waals surface area (Å²) in [7, 11) is 0. The Bertz CT molecular complexity index is 763. The maximum absolute atomic E-state index is 12.2. The molecule has 3 rings (SSSR count). The van der Waals surface area contributed by atoms with Gasteiger partial charge in [-0.3, -0.25) is 4.79 Å². The summed E-state index contributed by atoms with van der Waals surface area (Å²) >= 11 is 6.04. The normalized spacial score (nSPS) is 18.0. The SMILES string of the molecule is C[C@H]1CCCN(c2ccc([C@H](C)NC(=O)COc3ccccc3Cl)cc2)C1. The summed E-state index contributed by atoms with van der Waals surface area (Å²) in [6.07, 6.45) is 2.56. The van der Waals surface area contributed by atoms with Gasteiger partial charge in [0.2, 0.25) is 0 Å². The number of anilines is 1. The van der Waals surface area contributed by atoms with E-state index in [4.69, 9.17) is 16.3 Å². The second-order valence-corrected chi connectivity index (χ2v) is 7.70. The number of halogens is 1. The number of amides is 1. The monoisotopic (exact) mass is 386 g/mol. The highest BCUT2D eigenvalue weighted by atomic mass is 35.5. The van der Waals surface area contributed by atoms with Crippen molar-refractivity contribution in [2.24, 2.45) is 5.92 Å². The molecule has 1 aliphatic heterocycles. The average molecular weight is 387 g/mol. The van der Waals surface area contributed by atoms with Crippen molar-refractivity contribution in [3.8, 4) is 5.75 Å². The van der Waals surface area contributed by atoms with Gasteiger partial charge in [-0.15, -0.1) is 0 Å². The Kier molecular flexibility index (Phi) is 6.62. The third-order valence-corrected chi connectivity index (χ3v) is 5.30. The van der Waals surface area contributed by atoms with E-state index in [0.29, 0.717) is 10.8 Å². The van der Waals surface area contributed by atoms with Crippen LogP contribution in [0.2, 0.25) is 5.02 Å². The van der Waals surface area contributed by atoms with Gasteiger partial charge in [0.05, 0.1) is 11.1 Å². The number of piperidine rings is 1. The molecule has 0 saturated carbocycles. The minimum atomic E-state index is -0.170. The molecule has 4 nitrogen and oxygen atoms in total. The van der Waals surface area contributed by atoms with Crippen LogP contribution in [0.25, 0.3) is 0 Å². The number of carbonyl (C=O) groups excluding carboxylic acids is 1. The summed E-state index contributed by atoms with van der Waals surface area (Å²) in [6, 6.07) is 15.5. The van der Waals surface area contributed by atoms with E-state index in [9.17, 15) is 4.79 Å². The summed E-state index contributed by atoms with van der Waals surface area (Å²) in [4.78, 5) is 14.6. The molecule has 0 radical (unpaired) electrons. The lowest BCUT2D eigenvalue weighted by molar-refractivity contribution is -0.123. The Balaban J connectivity index is 1.52. The standard InChI is InChI=1S/C22H27ClN2O2/c1-16-6-5-13-25(14-16)19-11-9-18(10-12-19)17(2)24-22(26)15-27-21-8-4-3-7-20(21)23/h3-4,7-12,16-17H,5-6,13-15H2,1-2H3,(H,24,26)/t16-,17-/m0/s1. The van der Waals surface area contributed by atoms with Crippen molar-refractivity contribution >= 4 is 23.2 Å². The number of rotatable bonds is 6. The first-order valence-electron chi connectivity index (χ1n) is 9.54. The zero-order valence-electron chi connectivity index (χ0n) is 16.0. The molecule has 1 heterocycles. The zero-order valence-corrected chi connectivity index (χ0v) is 16.7. The largest absolute Gasteiger partial charge is 0.482 e. The Morgan fingerprint density at radius 3 is 2.70 bits per heavy atom. The van der Waals surface area contributed by atoms with Crippen molar-refractivity contribution in [3.05, 3.63) is 59.1 Å². The molecule has 1 fully saturated rings. The van der Waals surface area contributed by atoms with Crippen LogP contribution < -0.4 is 15.0 Å². The molecular formula is C22H27ClN2O2. The first-order valence-corrected chi connectivity index (χ1v) is 9.92.